The van der Waals surface area contributed by atoms with Crippen LogP contribution in [0.2, 0.25) is 0 Å². The molecule has 0 saturated heterocycles. The second-order valence-electron chi connectivity index (χ2n) is 5.13. The van der Waals surface area contributed by atoms with E-state index in [9.17, 15) is 34.4 Å². The van der Waals surface area contributed by atoms with Crippen molar-refractivity contribution >= 4 is 20.0 Å². The van der Waals surface area contributed by atoms with Gasteiger partial charge in [0.05, 0.1) is 12.4 Å². The minimum Gasteiger partial charge on any atom is -0.380 e. The molecule has 13 heteroatoms. The number of ether oxygens (including phenoxy) is 1. The zero-order valence-electron chi connectivity index (χ0n) is 13.7. The Hall–Kier alpha value is -0.500. The number of hydrogen-bond donors (Lipinski definition) is 1. The maximum absolute atomic E-state index is 13.9. The highest BCUT2D eigenvalue weighted by atomic mass is 32.3. The fourth-order valence-corrected chi connectivity index (χ4v) is 4.33. The standard InChI is InChI=1S/C11H22F4N2O5S2/c1-5-17(6-2)8-9(22-3)7-10(12,13)11(14,15)24(20,21)16-23(4,18)19/h9,16H,5-8H2,1-4H3. The van der Waals surface area contributed by atoms with Crippen LogP contribution in [-0.4, -0.2) is 72.0 Å². The van der Waals surface area contributed by atoms with Gasteiger partial charge in [-0.25, -0.2) is 16.8 Å². The first-order valence-electron chi connectivity index (χ1n) is 6.87. The maximum atomic E-state index is 13.9. The van der Waals surface area contributed by atoms with Gasteiger partial charge in [0, 0.05) is 20.1 Å². The molecule has 0 aromatic heterocycles. The fraction of sp³-hybridized carbons (Fsp3) is 1.00. The van der Waals surface area contributed by atoms with E-state index in [0.717, 1.165) is 7.11 Å². The third-order valence-electron chi connectivity index (χ3n) is 3.20. The molecular weight excluding hydrogens is 380 g/mol. The van der Waals surface area contributed by atoms with Crippen LogP contribution in [0.5, 0.6) is 0 Å². The number of sulfonamides is 2. The molecule has 1 atom stereocenters. The summed E-state index contributed by atoms with van der Waals surface area (Å²) in [5.41, 5.74) is 0. The molecule has 0 aliphatic carbocycles. The fourth-order valence-electron chi connectivity index (χ4n) is 1.85. The van der Waals surface area contributed by atoms with Gasteiger partial charge >= 0.3 is 11.2 Å². The topological polar surface area (TPSA) is 92.8 Å². The van der Waals surface area contributed by atoms with E-state index >= 15 is 0 Å². The van der Waals surface area contributed by atoms with Crippen LogP contribution in [0.4, 0.5) is 17.6 Å². The lowest BCUT2D eigenvalue weighted by atomic mass is 10.1. The van der Waals surface area contributed by atoms with Crippen molar-refractivity contribution in [1.82, 2.24) is 9.03 Å². The lowest BCUT2D eigenvalue weighted by molar-refractivity contribution is -0.177. The van der Waals surface area contributed by atoms with Crippen molar-refractivity contribution in [2.24, 2.45) is 0 Å². The Labute approximate surface area is 139 Å². The molecule has 1 N–H and O–H groups in total. The largest absolute Gasteiger partial charge is 0.421 e. The Balaban J connectivity index is 5.46. The number of hydrogen-bond acceptors (Lipinski definition) is 6. The van der Waals surface area contributed by atoms with Crippen LogP contribution in [0.25, 0.3) is 0 Å². The average molecular weight is 402 g/mol. The van der Waals surface area contributed by atoms with Crippen molar-refractivity contribution in [3.63, 3.8) is 0 Å². The van der Waals surface area contributed by atoms with E-state index in [4.69, 9.17) is 4.74 Å². The molecule has 146 valence electrons. The van der Waals surface area contributed by atoms with E-state index < -0.39 is 43.7 Å². The van der Waals surface area contributed by atoms with Crippen molar-refractivity contribution in [2.45, 2.75) is 37.5 Å². The number of nitrogens with zero attached hydrogens (tertiary/aromatic N) is 1. The summed E-state index contributed by atoms with van der Waals surface area (Å²) in [4.78, 5) is 1.63. The second-order valence-corrected chi connectivity index (χ2v) is 8.86. The molecule has 0 amide bonds. The molecule has 0 aromatic rings. The van der Waals surface area contributed by atoms with Gasteiger partial charge in [-0.2, -0.15) is 17.6 Å². The summed E-state index contributed by atoms with van der Waals surface area (Å²) in [7, 11) is -9.80. The van der Waals surface area contributed by atoms with Gasteiger partial charge in [-0.15, -0.1) is 4.13 Å². The maximum Gasteiger partial charge on any atom is 0.421 e. The molecule has 0 spiro atoms. The second kappa shape index (κ2) is 8.25. The number of likely N-dealkylation sites (N-methyl/N-ethyl adjacent to an activating group) is 1. The van der Waals surface area contributed by atoms with Crippen LogP contribution in [0.15, 0.2) is 0 Å². The summed E-state index contributed by atoms with van der Waals surface area (Å²) >= 11 is 0. The molecule has 0 aliphatic rings. The van der Waals surface area contributed by atoms with Crippen LogP contribution in [-0.2, 0) is 24.8 Å². The SMILES string of the molecule is CCN(CC)CC(CC(F)(F)C(F)(F)S(=O)(=O)NS(C)(=O)=O)OC. The molecule has 0 heterocycles. The summed E-state index contributed by atoms with van der Waals surface area (Å²) < 4.78 is 105. The number of methoxy groups -OCH3 is 1. The predicted molar refractivity (Wildman–Crippen MR) is 80.0 cm³/mol. The lowest BCUT2D eigenvalue weighted by Gasteiger charge is -2.30. The Morgan fingerprint density at radius 1 is 1.08 bits per heavy atom. The molecule has 24 heavy (non-hydrogen) atoms. The zero-order chi connectivity index (χ0) is 19.4. The molecule has 0 saturated carbocycles. The van der Waals surface area contributed by atoms with E-state index in [-0.39, 0.29) is 12.8 Å². The average Bonchev–Trinajstić information content (AvgIpc) is 2.40. The normalized spacial score (nSPS) is 15.7. The third-order valence-corrected chi connectivity index (χ3v) is 6.26. The summed E-state index contributed by atoms with van der Waals surface area (Å²) in [5, 5.41) is -5.64. The zero-order valence-corrected chi connectivity index (χ0v) is 15.4. The van der Waals surface area contributed by atoms with E-state index in [2.05, 4.69) is 0 Å². The molecule has 0 aliphatic heterocycles. The minimum absolute atomic E-state index is 0.116. The van der Waals surface area contributed by atoms with E-state index in [1.165, 1.54) is 0 Å². The molecular formula is C11H22F4N2O5S2. The summed E-state index contributed by atoms with van der Waals surface area (Å²) in [6, 6.07) is 0. The lowest BCUT2D eigenvalue weighted by Crippen LogP contribution is -2.54. The Kier molecular flexibility index (Phi) is 8.08. The molecule has 0 aromatic carbocycles. The van der Waals surface area contributed by atoms with Crippen LogP contribution in [0, 0.1) is 0 Å². The van der Waals surface area contributed by atoms with Crippen molar-refractivity contribution in [1.29, 1.82) is 0 Å². The molecule has 0 bridgehead atoms. The molecule has 0 fully saturated rings. The van der Waals surface area contributed by atoms with Gasteiger partial charge in [0.2, 0.25) is 10.0 Å². The van der Waals surface area contributed by atoms with Crippen molar-refractivity contribution < 1.29 is 39.1 Å². The molecule has 7 nitrogen and oxygen atoms in total. The molecule has 1 unspecified atom stereocenters. The van der Waals surface area contributed by atoms with Gasteiger partial charge in [0.1, 0.15) is 0 Å². The number of alkyl halides is 4. The summed E-state index contributed by atoms with van der Waals surface area (Å²) in [6.45, 7) is 4.24. The first-order valence-corrected chi connectivity index (χ1v) is 10.2. The van der Waals surface area contributed by atoms with Crippen molar-refractivity contribution in [3.8, 4) is 0 Å². The van der Waals surface area contributed by atoms with Gasteiger partial charge in [0.15, 0.2) is 0 Å². The highest BCUT2D eigenvalue weighted by molar-refractivity contribution is 8.04. The first kappa shape index (κ1) is 23.5. The monoisotopic (exact) mass is 402 g/mol. The third kappa shape index (κ3) is 6.10. The van der Waals surface area contributed by atoms with Crippen LogP contribution in [0.1, 0.15) is 20.3 Å². The van der Waals surface area contributed by atoms with E-state index in [1.54, 1.807) is 18.7 Å². The highest BCUT2D eigenvalue weighted by Gasteiger charge is 2.66. The number of nitrogens with one attached hydrogen (secondary N) is 1. The van der Waals surface area contributed by atoms with Gasteiger partial charge in [-0.3, -0.25) is 0 Å². The van der Waals surface area contributed by atoms with Gasteiger partial charge in [-0.1, -0.05) is 13.8 Å². The first-order chi connectivity index (χ1) is 10.6. The van der Waals surface area contributed by atoms with Gasteiger partial charge in [-0.05, 0) is 13.1 Å². The van der Waals surface area contributed by atoms with Gasteiger partial charge < -0.3 is 9.64 Å². The van der Waals surface area contributed by atoms with E-state index in [1.807, 2.05) is 0 Å². The molecule has 0 rings (SSSR count). The molecule has 0 radical (unpaired) electrons. The van der Waals surface area contributed by atoms with Crippen LogP contribution >= 0.6 is 0 Å². The smallest absolute Gasteiger partial charge is 0.380 e. The van der Waals surface area contributed by atoms with Crippen LogP contribution < -0.4 is 4.13 Å². The van der Waals surface area contributed by atoms with Gasteiger partial charge in [0.25, 0.3) is 10.0 Å². The van der Waals surface area contributed by atoms with Crippen LogP contribution in [0.3, 0.4) is 0 Å². The van der Waals surface area contributed by atoms with E-state index in [0.29, 0.717) is 17.2 Å². The van der Waals surface area contributed by atoms with Crippen molar-refractivity contribution in [3.05, 3.63) is 0 Å². The number of halogens is 4. The Morgan fingerprint density at radius 2 is 1.54 bits per heavy atom. The predicted octanol–water partition coefficient (Wildman–Crippen LogP) is 0.840. The summed E-state index contributed by atoms with van der Waals surface area (Å²) in [5.74, 6) is -5.04. The highest BCUT2D eigenvalue weighted by Crippen LogP contribution is 2.42. The summed E-state index contributed by atoms with van der Waals surface area (Å²) in [6.07, 6.45) is -2.71. The minimum atomic E-state index is -6.16. The Bertz CT molecular complexity index is 606. The Morgan fingerprint density at radius 3 is 1.88 bits per heavy atom. The van der Waals surface area contributed by atoms with Crippen molar-refractivity contribution in [2.75, 3.05) is 33.0 Å². The number of rotatable bonds is 11. The quantitative estimate of drug-likeness (QED) is 0.515.